The van der Waals surface area contributed by atoms with Gasteiger partial charge in [-0.15, -0.1) is 0 Å². The second-order valence-electron chi connectivity index (χ2n) is 3.15. The first-order valence-corrected chi connectivity index (χ1v) is 5.24. The van der Waals surface area contributed by atoms with Gasteiger partial charge in [0.25, 0.3) is 0 Å². The van der Waals surface area contributed by atoms with Gasteiger partial charge in [-0.25, -0.2) is 4.98 Å². The van der Waals surface area contributed by atoms with Crippen LogP contribution in [-0.2, 0) is 6.42 Å². The third-order valence-electron chi connectivity index (χ3n) is 2.41. The lowest BCUT2D eigenvalue weighted by atomic mass is 10.1. The number of hydrogen-bond donors (Lipinski definition) is 0. The molecule has 66 valence electrons. The number of allylic oxidation sites excluding steroid dienone is 1. The zero-order valence-electron chi connectivity index (χ0n) is 6.94. The van der Waals surface area contributed by atoms with Gasteiger partial charge in [-0.3, -0.25) is 7.18 Å². The van der Waals surface area contributed by atoms with E-state index in [4.69, 9.17) is 0 Å². The van der Waals surface area contributed by atoms with Crippen LogP contribution in [-0.4, -0.2) is 12.2 Å². The van der Waals surface area contributed by atoms with Crippen molar-refractivity contribution in [1.82, 2.24) is 12.2 Å². The van der Waals surface area contributed by atoms with E-state index in [9.17, 15) is 0 Å². The number of halogens is 1. The fraction of sp³-hybridized carbons (Fsp3) is 0.222. The molecule has 4 heteroatoms. The number of rotatable bonds is 0. The number of nitrogens with zero attached hydrogens (tertiary/aromatic N) is 3. The molecule has 0 aliphatic heterocycles. The molecule has 0 N–H and O–H groups in total. The quantitative estimate of drug-likeness (QED) is 0.681. The molecule has 3 nitrogen and oxygen atoms in total. The molecule has 13 heavy (non-hydrogen) atoms. The highest BCUT2D eigenvalue weighted by Crippen LogP contribution is 2.25. The zero-order valence-corrected chi connectivity index (χ0v) is 9.10. The third kappa shape index (κ3) is 0.919. The van der Waals surface area contributed by atoms with Crippen molar-refractivity contribution in [2.24, 2.45) is 0 Å². The molecular formula is C9H8IN3. The average molecular weight is 285 g/mol. The Morgan fingerprint density at radius 1 is 1.46 bits per heavy atom. The standard InChI is InChI=1S/C9H8IN3/c10-13-8-4-2-1-3-7(8)12-6-5-11-9(12)13/h1,3,5-6H,2,4H2. The summed E-state index contributed by atoms with van der Waals surface area (Å²) in [7, 11) is 0. The van der Waals surface area contributed by atoms with E-state index in [2.05, 4.69) is 47.2 Å². The maximum atomic E-state index is 4.31. The summed E-state index contributed by atoms with van der Waals surface area (Å²) in [5.41, 5.74) is 2.67. The predicted molar refractivity (Wildman–Crippen MR) is 60.0 cm³/mol. The zero-order chi connectivity index (χ0) is 8.84. The SMILES string of the molecule is In1c2c(n3ccnc13)C=CCC2. The van der Waals surface area contributed by atoms with E-state index in [1.165, 1.54) is 11.4 Å². The van der Waals surface area contributed by atoms with E-state index in [1.807, 2.05) is 12.4 Å². The van der Waals surface area contributed by atoms with Crippen molar-refractivity contribution in [2.45, 2.75) is 12.8 Å². The Hall–Kier alpha value is -0.780. The Kier molecular flexibility index (Phi) is 1.52. The van der Waals surface area contributed by atoms with Gasteiger partial charge in [-0.05, 0) is 18.9 Å². The minimum absolute atomic E-state index is 1.03. The molecule has 3 rings (SSSR count). The molecule has 0 atom stereocenters. The fourth-order valence-electron chi connectivity index (χ4n) is 1.81. The molecule has 1 aliphatic carbocycles. The maximum absolute atomic E-state index is 4.31. The Morgan fingerprint density at radius 3 is 3.31 bits per heavy atom. The summed E-state index contributed by atoms with van der Waals surface area (Å²) in [6.45, 7) is 0. The summed E-state index contributed by atoms with van der Waals surface area (Å²) in [5, 5.41) is 0. The Labute approximate surface area is 89.6 Å². The van der Waals surface area contributed by atoms with Crippen molar-refractivity contribution >= 4 is 34.7 Å². The number of imidazole rings is 2. The second-order valence-corrected chi connectivity index (χ2v) is 4.12. The molecule has 1 aliphatic rings. The van der Waals surface area contributed by atoms with Gasteiger partial charge >= 0.3 is 0 Å². The van der Waals surface area contributed by atoms with Crippen LogP contribution < -0.4 is 0 Å². The first-order valence-electron chi connectivity index (χ1n) is 4.27. The van der Waals surface area contributed by atoms with Crippen LogP contribution in [0, 0.1) is 0 Å². The van der Waals surface area contributed by atoms with E-state index in [0.29, 0.717) is 0 Å². The molecule has 0 unspecified atom stereocenters. The summed E-state index contributed by atoms with van der Waals surface area (Å²) >= 11 is 2.31. The fourth-order valence-corrected chi connectivity index (χ4v) is 2.65. The molecule has 0 fully saturated rings. The monoisotopic (exact) mass is 285 g/mol. The Balaban J connectivity index is 2.48. The topological polar surface area (TPSA) is 22.2 Å². The van der Waals surface area contributed by atoms with E-state index in [0.717, 1.165) is 18.6 Å². The summed E-state index contributed by atoms with van der Waals surface area (Å²) in [6, 6.07) is 0. The van der Waals surface area contributed by atoms with Crippen molar-refractivity contribution in [2.75, 3.05) is 0 Å². The number of aromatic nitrogens is 3. The lowest BCUT2D eigenvalue weighted by Gasteiger charge is -2.05. The highest BCUT2D eigenvalue weighted by molar-refractivity contribution is 14.1. The second kappa shape index (κ2) is 2.60. The van der Waals surface area contributed by atoms with Crippen LogP contribution >= 0.6 is 22.9 Å². The van der Waals surface area contributed by atoms with Gasteiger partial charge in [0.1, 0.15) is 0 Å². The molecule has 2 heterocycles. The summed E-state index contributed by atoms with van der Waals surface area (Å²) < 4.78 is 4.29. The van der Waals surface area contributed by atoms with Gasteiger partial charge in [-0.2, -0.15) is 0 Å². The molecular weight excluding hydrogens is 277 g/mol. The van der Waals surface area contributed by atoms with Crippen molar-refractivity contribution < 1.29 is 0 Å². The third-order valence-corrected chi connectivity index (χ3v) is 3.43. The molecule has 0 bridgehead atoms. The van der Waals surface area contributed by atoms with Gasteiger partial charge in [-0.1, -0.05) is 6.08 Å². The van der Waals surface area contributed by atoms with Crippen molar-refractivity contribution in [3.05, 3.63) is 29.9 Å². The van der Waals surface area contributed by atoms with Crippen LogP contribution in [0.1, 0.15) is 17.8 Å². The van der Waals surface area contributed by atoms with Crippen molar-refractivity contribution in [3.8, 4) is 0 Å². The lowest BCUT2D eigenvalue weighted by Crippen LogP contribution is -1.96. The maximum Gasteiger partial charge on any atom is 0.223 e. The number of hydrogen-bond acceptors (Lipinski definition) is 1. The highest BCUT2D eigenvalue weighted by Gasteiger charge is 2.15. The summed E-state index contributed by atoms with van der Waals surface area (Å²) in [4.78, 5) is 4.31. The minimum atomic E-state index is 1.03. The van der Waals surface area contributed by atoms with Crippen molar-refractivity contribution in [1.29, 1.82) is 0 Å². The van der Waals surface area contributed by atoms with Crippen LogP contribution in [0.3, 0.4) is 0 Å². The van der Waals surface area contributed by atoms with E-state index < -0.39 is 0 Å². The largest absolute Gasteiger partial charge is 0.283 e. The molecule has 2 aromatic rings. The van der Waals surface area contributed by atoms with E-state index >= 15 is 0 Å². The van der Waals surface area contributed by atoms with Gasteiger partial charge in [0.05, 0.1) is 34.3 Å². The molecule has 0 saturated heterocycles. The molecule has 0 spiro atoms. The Bertz CT molecular complexity index is 492. The first kappa shape index (κ1) is 7.61. The van der Waals surface area contributed by atoms with E-state index in [1.54, 1.807) is 0 Å². The Morgan fingerprint density at radius 2 is 2.38 bits per heavy atom. The number of fused-ring (bicyclic) bond motifs is 3. The van der Waals surface area contributed by atoms with Crippen LogP contribution in [0.25, 0.3) is 11.9 Å². The van der Waals surface area contributed by atoms with Gasteiger partial charge in [0.15, 0.2) is 0 Å². The predicted octanol–water partition coefficient (Wildman–Crippen LogP) is 2.29. The van der Waals surface area contributed by atoms with Crippen LogP contribution in [0.5, 0.6) is 0 Å². The van der Waals surface area contributed by atoms with Gasteiger partial charge in [0, 0.05) is 12.4 Å². The molecule has 0 saturated carbocycles. The molecule has 0 radical (unpaired) electrons. The smallest absolute Gasteiger partial charge is 0.223 e. The normalized spacial score (nSPS) is 15.2. The van der Waals surface area contributed by atoms with Crippen molar-refractivity contribution in [3.63, 3.8) is 0 Å². The van der Waals surface area contributed by atoms with Gasteiger partial charge < -0.3 is 0 Å². The first-order chi connectivity index (χ1) is 6.38. The average Bonchev–Trinajstić information content (AvgIpc) is 2.72. The van der Waals surface area contributed by atoms with Crippen LogP contribution in [0.15, 0.2) is 18.5 Å². The molecule has 2 aromatic heterocycles. The van der Waals surface area contributed by atoms with Crippen LogP contribution in [0.2, 0.25) is 0 Å². The highest BCUT2D eigenvalue weighted by atomic mass is 127. The van der Waals surface area contributed by atoms with Crippen LogP contribution in [0.4, 0.5) is 0 Å². The molecule has 0 aromatic carbocycles. The minimum Gasteiger partial charge on any atom is -0.283 e. The summed E-state index contributed by atoms with van der Waals surface area (Å²) in [6.07, 6.45) is 10.5. The van der Waals surface area contributed by atoms with E-state index in [-0.39, 0.29) is 0 Å². The molecule has 0 amide bonds. The summed E-state index contributed by atoms with van der Waals surface area (Å²) in [5.74, 6) is 1.03. The lowest BCUT2D eigenvalue weighted by molar-refractivity contribution is 0.933. The van der Waals surface area contributed by atoms with Gasteiger partial charge in [0.2, 0.25) is 5.78 Å².